The molecule has 2 aromatic rings. The number of rotatable bonds is 5. The second-order valence-corrected chi connectivity index (χ2v) is 4.58. The molecule has 0 saturated heterocycles. The van der Waals surface area contributed by atoms with E-state index in [1.807, 2.05) is 26.0 Å². The fourth-order valence-electron chi connectivity index (χ4n) is 2.00. The Bertz CT molecular complexity index is 559. The maximum atomic E-state index is 12.8. The van der Waals surface area contributed by atoms with Gasteiger partial charge in [0.2, 0.25) is 0 Å². The summed E-state index contributed by atoms with van der Waals surface area (Å²) in [5.41, 5.74) is 7.40. The number of halogens is 1. The molecule has 0 aliphatic rings. The lowest BCUT2D eigenvalue weighted by atomic mass is 10.1. The second-order valence-electron chi connectivity index (χ2n) is 4.58. The van der Waals surface area contributed by atoms with Crippen molar-refractivity contribution in [3.63, 3.8) is 0 Å². The first-order chi connectivity index (χ1) is 9.60. The van der Waals surface area contributed by atoms with Gasteiger partial charge < -0.3 is 15.2 Å². The maximum Gasteiger partial charge on any atom is 0.128 e. The Morgan fingerprint density at radius 1 is 1.00 bits per heavy atom. The molecule has 0 aromatic heterocycles. The summed E-state index contributed by atoms with van der Waals surface area (Å²) in [5, 5.41) is 0. The normalized spacial score (nSPS) is 10.4. The van der Waals surface area contributed by atoms with Gasteiger partial charge in [0.15, 0.2) is 0 Å². The Kier molecular flexibility index (Phi) is 4.58. The van der Waals surface area contributed by atoms with Crippen LogP contribution in [0.3, 0.4) is 0 Å². The topological polar surface area (TPSA) is 44.5 Å². The lowest BCUT2D eigenvalue weighted by Gasteiger charge is -2.14. The summed E-state index contributed by atoms with van der Waals surface area (Å²) in [5.74, 6) is 1.85. The van der Waals surface area contributed by atoms with Crippen molar-refractivity contribution in [1.82, 2.24) is 0 Å². The van der Waals surface area contributed by atoms with Crippen molar-refractivity contribution >= 4 is 0 Å². The first-order valence-corrected chi connectivity index (χ1v) is 6.47. The molecule has 3 nitrogen and oxygen atoms in total. The summed E-state index contributed by atoms with van der Waals surface area (Å²) in [4.78, 5) is 0. The van der Waals surface area contributed by atoms with Gasteiger partial charge in [-0.2, -0.15) is 0 Å². The summed E-state index contributed by atoms with van der Waals surface area (Å²) < 4.78 is 24.2. The van der Waals surface area contributed by atoms with Gasteiger partial charge in [-0.3, -0.25) is 0 Å². The van der Waals surface area contributed by atoms with Crippen LogP contribution < -0.4 is 15.2 Å². The first kappa shape index (κ1) is 14.3. The van der Waals surface area contributed by atoms with Gasteiger partial charge in [-0.1, -0.05) is 0 Å². The van der Waals surface area contributed by atoms with Crippen molar-refractivity contribution in [1.29, 1.82) is 0 Å². The van der Waals surface area contributed by atoms with E-state index in [2.05, 4.69) is 0 Å². The molecule has 106 valence electrons. The molecule has 0 spiro atoms. The zero-order valence-electron chi connectivity index (χ0n) is 11.7. The standard InChI is InChI=1S/C16H18FNO2/c1-11-9-15(10-12(2)16(11)19-8-7-18)20-14-5-3-13(17)4-6-14/h3-6,9-10H,7-8,18H2,1-2H3. The molecule has 0 bridgehead atoms. The molecule has 0 atom stereocenters. The fourth-order valence-corrected chi connectivity index (χ4v) is 2.00. The third-order valence-electron chi connectivity index (χ3n) is 2.85. The Balaban J connectivity index is 2.19. The molecule has 0 aliphatic carbocycles. The fraction of sp³-hybridized carbons (Fsp3) is 0.250. The summed E-state index contributed by atoms with van der Waals surface area (Å²) in [6.45, 7) is 4.87. The van der Waals surface area contributed by atoms with Gasteiger partial charge in [0.05, 0.1) is 0 Å². The molecule has 0 aliphatic heterocycles. The molecule has 0 saturated carbocycles. The molecule has 2 aromatic carbocycles. The van der Waals surface area contributed by atoms with E-state index in [9.17, 15) is 4.39 Å². The average Bonchev–Trinajstić information content (AvgIpc) is 2.41. The van der Waals surface area contributed by atoms with Crippen LogP contribution >= 0.6 is 0 Å². The molecular weight excluding hydrogens is 257 g/mol. The van der Waals surface area contributed by atoms with Crippen molar-refractivity contribution in [3.05, 3.63) is 53.3 Å². The monoisotopic (exact) mass is 275 g/mol. The lowest BCUT2D eigenvalue weighted by Crippen LogP contribution is -2.11. The molecule has 0 amide bonds. The van der Waals surface area contributed by atoms with E-state index in [0.29, 0.717) is 24.7 Å². The Morgan fingerprint density at radius 3 is 2.15 bits per heavy atom. The smallest absolute Gasteiger partial charge is 0.128 e. The van der Waals surface area contributed by atoms with E-state index in [4.69, 9.17) is 15.2 Å². The predicted molar refractivity (Wildman–Crippen MR) is 76.9 cm³/mol. The van der Waals surface area contributed by atoms with E-state index >= 15 is 0 Å². The minimum Gasteiger partial charge on any atom is -0.492 e. The van der Waals surface area contributed by atoms with Crippen LogP contribution in [0.15, 0.2) is 36.4 Å². The number of aryl methyl sites for hydroxylation is 2. The van der Waals surface area contributed by atoms with Crippen LogP contribution in [0, 0.1) is 19.7 Å². The van der Waals surface area contributed by atoms with Crippen molar-refractivity contribution in [3.8, 4) is 17.2 Å². The van der Waals surface area contributed by atoms with Gasteiger partial charge in [-0.25, -0.2) is 4.39 Å². The minimum absolute atomic E-state index is 0.282. The maximum absolute atomic E-state index is 12.8. The van der Waals surface area contributed by atoms with Crippen LogP contribution in [0.1, 0.15) is 11.1 Å². The highest BCUT2D eigenvalue weighted by Gasteiger charge is 2.08. The highest BCUT2D eigenvalue weighted by molar-refractivity contribution is 5.47. The second kappa shape index (κ2) is 6.39. The highest BCUT2D eigenvalue weighted by atomic mass is 19.1. The molecule has 0 fully saturated rings. The summed E-state index contributed by atoms with van der Waals surface area (Å²) in [6.07, 6.45) is 0. The van der Waals surface area contributed by atoms with Gasteiger partial charge in [0, 0.05) is 6.54 Å². The number of benzene rings is 2. The van der Waals surface area contributed by atoms with Crippen molar-refractivity contribution in [2.45, 2.75) is 13.8 Å². The Hall–Kier alpha value is -2.07. The molecule has 2 N–H and O–H groups in total. The summed E-state index contributed by atoms with van der Waals surface area (Å²) in [6, 6.07) is 9.71. The summed E-state index contributed by atoms with van der Waals surface area (Å²) in [7, 11) is 0. The molecular formula is C16H18FNO2. The summed E-state index contributed by atoms with van der Waals surface area (Å²) >= 11 is 0. The lowest BCUT2D eigenvalue weighted by molar-refractivity contribution is 0.323. The van der Waals surface area contributed by atoms with E-state index in [-0.39, 0.29) is 5.82 Å². The third-order valence-corrected chi connectivity index (χ3v) is 2.85. The molecule has 4 heteroatoms. The van der Waals surface area contributed by atoms with Crippen LogP contribution in [-0.2, 0) is 0 Å². The van der Waals surface area contributed by atoms with Crippen molar-refractivity contribution < 1.29 is 13.9 Å². The van der Waals surface area contributed by atoms with Gasteiger partial charge in [0.1, 0.15) is 29.7 Å². The van der Waals surface area contributed by atoms with Gasteiger partial charge in [-0.15, -0.1) is 0 Å². The number of hydrogen-bond acceptors (Lipinski definition) is 3. The van der Waals surface area contributed by atoms with Crippen LogP contribution in [-0.4, -0.2) is 13.2 Å². The molecule has 2 rings (SSSR count). The predicted octanol–water partition coefficient (Wildman–Crippen LogP) is 3.57. The largest absolute Gasteiger partial charge is 0.492 e. The van der Waals surface area contributed by atoms with E-state index in [1.165, 1.54) is 12.1 Å². The van der Waals surface area contributed by atoms with E-state index in [0.717, 1.165) is 16.9 Å². The zero-order valence-corrected chi connectivity index (χ0v) is 11.7. The zero-order chi connectivity index (χ0) is 14.5. The number of hydrogen-bond donors (Lipinski definition) is 1. The molecule has 0 radical (unpaired) electrons. The Morgan fingerprint density at radius 2 is 1.60 bits per heavy atom. The highest BCUT2D eigenvalue weighted by Crippen LogP contribution is 2.31. The SMILES string of the molecule is Cc1cc(Oc2ccc(F)cc2)cc(C)c1OCCN. The molecule has 0 unspecified atom stereocenters. The molecule has 20 heavy (non-hydrogen) atoms. The van der Waals surface area contributed by atoms with Gasteiger partial charge >= 0.3 is 0 Å². The minimum atomic E-state index is -0.282. The first-order valence-electron chi connectivity index (χ1n) is 6.47. The van der Waals surface area contributed by atoms with E-state index in [1.54, 1.807) is 12.1 Å². The van der Waals surface area contributed by atoms with Gasteiger partial charge in [-0.05, 0) is 61.4 Å². The number of ether oxygens (including phenoxy) is 2. The van der Waals surface area contributed by atoms with Crippen LogP contribution in [0.2, 0.25) is 0 Å². The van der Waals surface area contributed by atoms with Gasteiger partial charge in [0.25, 0.3) is 0 Å². The van der Waals surface area contributed by atoms with E-state index < -0.39 is 0 Å². The molecule has 0 heterocycles. The van der Waals surface area contributed by atoms with Crippen LogP contribution in [0.4, 0.5) is 4.39 Å². The average molecular weight is 275 g/mol. The van der Waals surface area contributed by atoms with Crippen LogP contribution in [0.5, 0.6) is 17.2 Å². The van der Waals surface area contributed by atoms with Crippen LogP contribution in [0.25, 0.3) is 0 Å². The van der Waals surface area contributed by atoms with Crippen molar-refractivity contribution in [2.75, 3.05) is 13.2 Å². The third kappa shape index (κ3) is 3.48. The number of nitrogens with two attached hydrogens (primary N) is 1. The van der Waals surface area contributed by atoms with Crippen molar-refractivity contribution in [2.24, 2.45) is 5.73 Å². The Labute approximate surface area is 118 Å². The quantitative estimate of drug-likeness (QED) is 0.907.